The van der Waals surface area contributed by atoms with Crippen molar-refractivity contribution in [3.63, 3.8) is 0 Å². The van der Waals surface area contributed by atoms with Crippen molar-refractivity contribution in [2.75, 3.05) is 12.4 Å². The number of carbonyl (C=O) groups excluding carboxylic acids is 1. The van der Waals surface area contributed by atoms with Crippen molar-refractivity contribution in [3.05, 3.63) is 101 Å². The summed E-state index contributed by atoms with van der Waals surface area (Å²) < 4.78 is 29.0. The van der Waals surface area contributed by atoms with Crippen molar-refractivity contribution in [1.82, 2.24) is 24.1 Å². The molecule has 4 aromatic rings. The minimum Gasteiger partial charge on any atom is -0.324 e. The third-order valence-corrected chi connectivity index (χ3v) is 6.85. The number of rotatable bonds is 8. The fourth-order valence-electron chi connectivity index (χ4n) is 3.26. The summed E-state index contributed by atoms with van der Waals surface area (Å²) in [5.74, 6) is -0.501. The molecule has 4 rings (SSSR count). The third kappa shape index (κ3) is 5.11. The van der Waals surface area contributed by atoms with Gasteiger partial charge in [-0.1, -0.05) is 48.5 Å². The van der Waals surface area contributed by atoms with Gasteiger partial charge in [-0.05, 0) is 52.4 Å². The molecule has 0 aliphatic rings. The van der Waals surface area contributed by atoms with Crippen LogP contribution in [0.15, 0.2) is 94.6 Å². The summed E-state index contributed by atoms with van der Waals surface area (Å²) in [7, 11) is -2.19. The van der Waals surface area contributed by atoms with Crippen molar-refractivity contribution in [1.29, 1.82) is 0 Å². The first-order valence-electron chi connectivity index (χ1n) is 10.3. The molecule has 0 saturated carbocycles. The molecular weight excluding hydrogens is 456 g/mol. The number of para-hydroxylation sites is 1. The Balaban J connectivity index is 1.40. The number of nitrogens with zero attached hydrogens (tertiary/aromatic N) is 5. The third-order valence-electron chi connectivity index (χ3n) is 5.03. The molecule has 1 N–H and O–H groups in total. The van der Waals surface area contributed by atoms with Gasteiger partial charge in [0.15, 0.2) is 0 Å². The number of sulfonamides is 1. The molecule has 0 fully saturated rings. The van der Waals surface area contributed by atoms with E-state index in [2.05, 4.69) is 15.7 Å². The highest BCUT2D eigenvalue weighted by Crippen LogP contribution is 2.19. The molecule has 0 spiro atoms. The molecular formula is C23H22N6O4S. The maximum absolute atomic E-state index is 12.9. The minimum absolute atomic E-state index is 0.103. The number of aromatic nitrogens is 4. The van der Waals surface area contributed by atoms with Gasteiger partial charge in [-0.3, -0.25) is 4.79 Å². The average Bonchev–Trinajstić information content (AvgIpc) is 3.20. The van der Waals surface area contributed by atoms with Gasteiger partial charge in [0.1, 0.15) is 6.54 Å². The van der Waals surface area contributed by atoms with Gasteiger partial charge in [-0.2, -0.15) is 13.7 Å². The van der Waals surface area contributed by atoms with Gasteiger partial charge in [-0.25, -0.2) is 13.2 Å². The first-order valence-corrected chi connectivity index (χ1v) is 11.8. The topological polar surface area (TPSA) is 119 Å². The predicted octanol–water partition coefficient (Wildman–Crippen LogP) is 1.89. The summed E-state index contributed by atoms with van der Waals surface area (Å²) in [6.07, 6.45) is 0. The van der Waals surface area contributed by atoms with Crippen molar-refractivity contribution in [2.24, 2.45) is 0 Å². The first-order chi connectivity index (χ1) is 16.3. The van der Waals surface area contributed by atoms with Crippen molar-refractivity contribution in [2.45, 2.75) is 18.0 Å². The largest absolute Gasteiger partial charge is 0.368 e. The van der Waals surface area contributed by atoms with Gasteiger partial charge >= 0.3 is 5.69 Å². The summed E-state index contributed by atoms with van der Waals surface area (Å²) in [5.41, 5.74) is 1.24. The summed E-state index contributed by atoms with van der Waals surface area (Å²) >= 11 is 0. The lowest BCUT2D eigenvalue weighted by Crippen LogP contribution is -2.29. The number of hydrogen-bond acceptors (Lipinski definition) is 6. The van der Waals surface area contributed by atoms with E-state index in [4.69, 9.17) is 0 Å². The number of nitrogens with one attached hydrogen (secondary N) is 1. The van der Waals surface area contributed by atoms with E-state index >= 15 is 0 Å². The molecule has 10 nitrogen and oxygen atoms in total. The average molecular weight is 479 g/mol. The number of amides is 1. The Kier molecular flexibility index (Phi) is 6.66. The van der Waals surface area contributed by atoms with Crippen LogP contribution < -0.4 is 11.0 Å². The van der Waals surface area contributed by atoms with E-state index in [0.717, 1.165) is 14.9 Å². The number of tetrazole rings is 1. The Morgan fingerprint density at radius 2 is 1.53 bits per heavy atom. The van der Waals surface area contributed by atoms with Crippen molar-refractivity contribution >= 4 is 21.6 Å². The van der Waals surface area contributed by atoms with E-state index in [0.29, 0.717) is 11.4 Å². The molecule has 0 aliphatic carbocycles. The molecule has 0 bridgehead atoms. The summed E-state index contributed by atoms with van der Waals surface area (Å²) in [5, 5.41) is 10.2. The molecule has 0 aliphatic heterocycles. The Morgan fingerprint density at radius 3 is 2.18 bits per heavy atom. The van der Waals surface area contributed by atoms with Crippen molar-refractivity contribution < 1.29 is 13.2 Å². The van der Waals surface area contributed by atoms with Crippen LogP contribution in [0.25, 0.3) is 5.69 Å². The van der Waals surface area contributed by atoms with Crippen molar-refractivity contribution in [3.8, 4) is 5.69 Å². The van der Waals surface area contributed by atoms with E-state index in [1.807, 2.05) is 36.4 Å². The van der Waals surface area contributed by atoms with Gasteiger partial charge in [0.05, 0.1) is 10.6 Å². The Labute approximate surface area is 196 Å². The molecule has 0 atom stereocenters. The maximum Gasteiger partial charge on any atom is 0.368 e. The van der Waals surface area contributed by atoms with Crippen LogP contribution in [0.3, 0.4) is 0 Å². The van der Waals surface area contributed by atoms with Crippen LogP contribution in [0.2, 0.25) is 0 Å². The second-order valence-corrected chi connectivity index (χ2v) is 9.53. The van der Waals surface area contributed by atoms with Crippen LogP contribution in [0, 0.1) is 0 Å². The quantitative estimate of drug-likeness (QED) is 0.413. The lowest BCUT2D eigenvalue weighted by Gasteiger charge is -2.17. The second kappa shape index (κ2) is 9.81. The molecule has 0 saturated heterocycles. The van der Waals surface area contributed by atoms with E-state index in [1.165, 1.54) is 35.6 Å². The van der Waals surface area contributed by atoms with Gasteiger partial charge in [0, 0.05) is 19.3 Å². The highest BCUT2D eigenvalue weighted by Gasteiger charge is 2.21. The lowest BCUT2D eigenvalue weighted by molar-refractivity contribution is -0.117. The highest BCUT2D eigenvalue weighted by atomic mass is 32.2. The van der Waals surface area contributed by atoms with Gasteiger partial charge in [-0.15, -0.1) is 0 Å². The smallest absolute Gasteiger partial charge is 0.324 e. The number of hydrogen-bond donors (Lipinski definition) is 1. The number of carbonyl (C=O) groups is 1. The summed E-state index contributed by atoms with van der Waals surface area (Å²) in [4.78, 5) is 25.0. The zero-order valence-corrected chi connectivity index (χ0v) is 19.1. The van der Waals surface area contributed by atoms with Crippen LogP contribution in [-0.4, -0.2) is 45.5 Å². The monoisotopic (exact) mass is 478 g/mol. The minimum atomic E-state index is -3.71. The fraction of sp³-hybridized carbons (Fsp3) is 0.130. The zero-order valence-electron chi connectivity index (χ0n) is 18.3. The molecule has 3 aromatic carbocycles. The molecule has 0 radical (unpaired) electrons. The Bertz CT molecular complexity index is 1430. The van der Waals surface area contributed by atoms with E-state index in [-0.39, 0.29) is 18.0 Å². The van der Waals surface area contributed by atoms with Crippen LogP contribution in [0.4, 0.5) is 5.69 Å². The molecule has 0 unspecified atom stereocenters. The normalized spacial score (nSPS) is 11.5. The van der Waals surface area contributed by atoms with Gasteiger partial charge in [0.2, 0.25) is 15.9 Å². The summed E-state index contributed by atoms with van der Waals surface area (Å²) in [6.45, 7) is -0.106. The van der Waals surface area contributed by atoms with E-state index < -0.39 is 21.6 Å². The second-order valence-electron chi connectivity index (χ2n) is 7.49. The van der Waals surface area contributed by atoms with E-state index in [1.54, 1.807) is 24.3 Å². The predicted molar refractivity (Wildman–Crippen MR) is 126 cm³/mol. The standard InChI is InChI=1S/C23H22N6O4S/c1-27(16-18-8-4-2-5-9-18)34(32,33)21-14-12-19(13-15-21)24-22(30)17-28-23(31)29(26-25-28)20-10-6-3-7-11-20/h2-15H,16-17H2,1H3,(H,24,30). The molecule has 174 valence electrons. The first kappa shape index (κ1) is 23.1. The fourth-order valence-corrected chi connectivity index (χ4v) is 4.42. The highest BCUT2D eigenvalue weighted by molar-refractivity contribution is 7.89. The molecule has 11 heteroatoms. The lowest BCUT2D eigenvalue weighted by atomic mass is 10.2. The zero-order chi connectivity index (χ0) is 24.1. The van der Waals surface area contributed by atoms with Crippen LogP contribution in [-0.2, 0) is 27.9 Å². The van der Waals surface area contributed by atoms with E-state index in [9.17, 15) is 18.0 Å². The van der Waals surface area contributed by atoms with Crippen LogP contribution in [0.1, 0.15) is 5.56 Å². The van der Waals surface area contributed by atoms with Crippen LogP contribution in [0.5, 0.6) is 0 Å². The molecule has 1 amide bonds. The van der Waals surface area contributed by atoms with Crippen LogP contribution >= 0.6 is 0 Å². The van der Waals surface area contributed by atoms with Gasteiger partial charge < -0.3 is 5.32 Å². The number of anilines is 1. The molecule has 34 heavy (non-hydrogen) atoms. The molecule has 1 aromatic heterocycles. The molecule has 1 heterocycles. The number of benzene rings is 3. The maximum atomic E-state index is 12.9. The Hall–Kier alpha value is -4.09. The summed E-state index contributed by atoms with van der Waals surface area (Å²) in [6, 6.07) is 23.8. The Morgan fingerprint density at radius 1 is 0.912 bits per heavy atom. The SMILES string of the molecule is CN(Cc1ccccc1)S(=O)(=O)c1ccc(NC(=O)Cn2nnn(-c3ccccc3)c2=O)cc1. The van der Waals surface area contributed by atoms with Gasteiger partial charge in [0.25, 0.3) is 0 Å².